The van der Waals surface area contributed by atoms with Crippen LogP contribution in [0.3, 0.4) is 0 Å². The number of benzene rings is 3. The van der Waals surface area contributed by atoms with E-state index in [2.05, 4.69) is 10.6 Å². The summed E-state index contributed by atoms with van der Waals surface area (Å²) in [4.78, 5) is 30.3. The van der Waals surface area contributed by atoms with Gasteiger partial charge in [-0.05, 0) is 48.2 Å². The summed E-state index contributed by atoms with van der Waals surface area (Å²) in [6, 6.07) is 24.1. The molecule has 3 fully saturated rings. The number of carbonyl (C=O) groups excluding carboxylic acids is 2. The van der Waals surface area contributed by atoms with Crippen molar-refractivity contribution in [2.45, 2.75) is 46.0 Å². The van der Waals surface area contributed by atoms with Crippen molar-refractivity contribution >= 4 is 44.0 Å². The number of nitrogens with zero attached hydrogens (tertiary/aromatic N) is 2. The summed E-state index contributed by atoms with van der Waals surface area (Å²) in [6.07, 6.45) is 1.67. The van der Waals surface area contributed by atoms with Crippen LogP contribution in [0.2, 0.25) is 0 Å². The number of hydrogen-bond donors (Lipinski definition) is 2. The Kier molecular flexibility index (Phi) is 9.44. The molecule has 0 bridgehead atoms. The molecular formula is C32H37ClN4O6S2. The highest BCUT2D eigenvalue weighted by molar-refractivity contribution is 7.92. The molecule has 3 saturated heterocycles. The fourth-order valence-electron chi connectivity index (χ4n) is 6.85. The second kappa shape index (κ2) is 12.8. The zero-order valence-electron chi connectivity index (χ0n) is 24.8. The van der Waals surface area contributed by atoms with E-state index in [1.54, 1.807) is 42.5 Å². The maximum Gasteiger partial charge on any atom is 0.325 e. The van der Waals surface area contributed by atoms with E-state index in [-0.39, 0.29) is 59.3 Å². The number of nitrogens with one attached hydrogen (secondary N) is 2. The number of amides is 3. The topological polar surface area (TPSA) is 133 Å². The standard InChI is InChI=1S/C32H36N4O6S2.ClH/c1-43(39,40)25-14-12-23(13-15-25)22-36-30(37)32(34-31(36)38)16-18-35(19-17-32)29(44(41,42)26-10-6-3-7-11-26)28-21-33-20-27(28)24-8-4-2-5-9-24;/h2-15,27-29,33H,16-22H2,1H3,(H,34,38);1H/t27-,28-,29?;/m1./s1. The summed E-state index contributed by atoms with van der Waals surface area (Å²) in [6.45, 7) is 1.86. The number of hydrogen-bond acceptors (Lipinski definition) is 8. The first-order valence-electron chi connectivity index (χ1n) is 14.7. The lowest BCUT2D eigenvalue weighted by atomic mass is 9.85. The molecule has 2 N–H and O–H groups in total. The molecule has 240 valence electrons. The molecule has 6 rings (SSSR count). The highest BCUT2D eigenvalue weighted by Crippen LogP contribution is 2.40. The summed E-state index contributed by atoms with van der Waals surface area (Å²) < 4.78 is 52.3. The van der Waals surface area contributed by atoms with Crippen LogP contribution in [0.4, 0.5) is 4.79 Å². The maximum absolute atomic E-state index is 14.3. The number of likely N-dealkylation sites (tertiary alicyclic amines) is 1. The molecule has 3 atom stereocenters. The van der Waals surface area contributed by atoms with Crippen LogP contribution in [-0.2, 0) is 31.0 Å². The molecule has 3 aromatic rings. The zero-order valence-corrected chi connectivity index (χ0v) is 27.3. The SMILES string of the molecule is CS(=O)(=O)c1ccc(CN2C(=O)NC3(CCN(C([C@@H]4CNC[C@@H]4c4ccccc4)S(=O)(=O)c4ccccc4)CC3)C2=O)cc1.Cl. The Hall–Kier alpha value is -3.29. The van der Waals surface area contributed by atoms with Crippen molar-refractivity contribution in [1.82, 2.24) is 20.4 Å². The largest absolute Gasteiger partial charge is 0.325 e. The van der Waals surface area contributed by atoms with Crippen LogP contribution in [-0.4, -0.2) is 81.9 Å². The van der Waals surface area contributed by atoms with E-state index in [9.17, 15) is 26.4 Å². The second-order valence-corrected chi connectivity index (χ2v) is 16.0. The first-order chi connectivity index (χ1) is 21.0. The predicted molar refractivity (Wildman–Crippen MR) is 172 cm³/mol. The van der Waals surface area contributed by atoms with E-state index >= 15 is 0 Å². The summed E-state index contributed by atoms with van der Waals surface area (Å²) in [7, 11) is -7.16. The molecule has 0 saturated carbocycles. The summed E-state index contributed by atoms with van der Waals surface area (Å²) in [5, 5.41) is 5.52. The Labute approximate surface area is 270 Å². The first-order valence-corrected chi connectivity index (χ1v) is 18.2. The molecule has 0 aliphatic carbocycles. The predicted octanol–water partition coefficient (Wildman–Crippen LogP) is 3.20. The van der Waals surface area contributed by atoms with E-state index in [1.165, 1.54) is 12.1 Å². The summed E-state index contributed by atoms with van der Waals surface area (Å²) >= 11 is 0. The third kappa shape index (κ3) is 6.39. The van der Waals surface area contributed by atoms with Crippen LogP contribution in [0.15, 0.2) is 94.7 Å². The van der Waals surface area contributed by atoms with Gasteiger partial charge >= 0.3 is 6.03 Å². The van der Waals surface area contributed by atoms with Crippen LogP contribution < -0.4 is 10.6 Å². The number of halogens is 1. The molecule has 3 amide bonds. The fraction of sp³-hybridized carbons (Fsp3) is 0.375. The second-order valence-electron chi connectivity index (χ2n) is 11.9. The third-order valence-corrected chi connectivity index (χ3v) is 12.5. The number of piperidine rings is 1. The normalized spacial score (nSPS) is 22.6. The maximum atomic E-state index is 14.3. The van der Waals surface area contributed by atoms with Gasteiger partial charge < -0.3 is 10.6 Å². The Morgan fingerprint density at radius 3 is 2.02 bits per heavy atom. The van der Waals surface area contributed by atoms with Crippen molar-refractivity contribution in [2.24, 2.45) is 5.92 Å². The fourth-order valence-corrected chi connectivity index (χ4v) is 9.65. The number of urea groups is 1. The molecule has 1 spiro atoms. The Balaban J connectivity index is 0.00000400. The van der Waals surface area contributed by atoms with Crippen LogP contribution in [0.25, 0.3) is 0 Å². The van der Waals surface area contributed by atoms with Gasteiger partial charge in [-0.25, -0.2) is 21.6 Å². The summed E-state index contributed by atoms with van der Waals surface area (Å²) in [5.41, 5.74) is 0.599. The molecule has 0 aromatic heterocycles. The average molecular weight is 673 g/mol. The molecule has 3 aliphatic rings. The Morgan fingerprint density at radius 1 is 0.822 bits per heavy atom. The molecule has 3 aliphatic heterocycles. The average Bonchev–Trinajstić information content (AvgIpc) is 3.58. The van der Waals surface area contributed by atoms with Gasteiger partial charge in [-0.3, -0.25) is 14.6 Å². The van der Waals surface area contributed by atoms with Crippen LogP contribution >= 0.6 is 12.4 Å². The molecular weight excluding hydrogens is 636 g/mol. The Morgan fingerprint density at radius 2 is 1.42 bits per heavy atom. The summed E-state index contributed by atoms with van der Waals surface area (Å²) in [5.74, 6) is -0.577. The lowest BCUT2D eigenvalue weighted by Gasteiger charge is -2.43. The van der Waals surface area contributed by atoms with Gasteiger partial charge in [0.1, 0.15) is 10.9 Å². The van der Waals surface area contributed by atoms with Crippen molar-refractivity contribution < 1.29 is 26.4 Å². The Bertz CT molecular complexity index is 1750. The number of rotatable bonds is 8. The number of sulfone groups is 2. The highest BCUT2D eigenvalue weighted by Gasteiger charge is 2.54. The molecule has 3 aromatic carbocycles. The van der Waals surface area contributed by atoms with E-state index in [4.69, 9.17) is 0 Å². The van der Waals surface area contributed by atoms with Crippen LogP contribution in [0.1, 0.15) is 29.9 Å². The van der Waals surface area contributed by atoms with Crippen molar-refractivity contribution in [3.05, 3.63) is 96.1 Å². The van der Waals surface area contributed by atoms with Gasteiger partial charge in [0.15, 0.2) is 19.7 Å². The molecule has 3 heterocycles. The lowest BCUT2D eigenvalue weighted by Crippen LogP contribution is -2.59. The quantitative estimate of drug-likeness (QED) is 0.349. The molecule has 45 heavy (non-hydrogen) atoms. The highest BCUT2D eigenvalue weighted by atomic mass is 35.5. The molecule has 13 heteroatoms. The lowest BCUT2D eigenvalue weighted by molar-refractivity contribution is -0.133. The van der Waals surface area contributed by atoms with Gasteiger partial charge in [0, 0.05) is 44.3 Å². The van der Waals surface area contributed by atoms with Crippen LogP contribution in [0, 0.1) is 5.92 Å². The molecule has 10 nitrogen and oxygen atoms in total. The van der Waals surface area contributed by atoms with Gasteiger partial charge in [-0.1, -0.05) is 60.7 Å². The minimum Gasteiger partial charge on any atom is -0.323 e. The molecule has 1 unspecified atom stereocenters. The van der Waals surface area contributed by atoms with Crippen molar-refractivity contribution in [2.75, 3.05) is 32.4 Å². The monoisotopic (exact) mass is 672 g/mol. The van der Waals surface area contributed by atoms with Gasteiger partial charge in [0.25, 0.3) is 5.91 Å². The molecule has 0 radical (unpaired) electrons. The minimum atomic E-state index is -3.79. The smallest absolute Gasteiger partial charge is 0.323 e. The number of carbonyl (C=O) groups is 2. The van der Waals surface area contributed by atoms with Gasteiger partial charge in [-0.15, -0.1) is 12.4 Å². The number of imide groups is 1. The third-order valence-electron chi connectivity index (χ3n) is 9.19. The van der Waals surface area contributed by atoms with Crippen LogP contribution in [0.5, 0.6) is 0 Å². The van der Waals surface area contributed by atoms with E-state index in [1.807, 2.05) is 35.2 Å². The van der Waals surface area contributed by atoms with E-state index < -0.39 is 36.6 Å². The zero-order chi connectivity index (χ0) is 31.1. The minimum absolute atomic E-state index is 0. The van der Waals surface area contributed by atoms with Crippen molar-refractivity contribution in [3.63, 3.8) is 0 Å². The van der Waals surface area contributed by atoms with E-state index in [0.29, 0.717) is 31.7 Å². The van der Waals surface area contributed by atoms with Gasteiger partial charge in [-0.2, -0.15) is 0 Å². The van der Waals surface area contributed by atoms with Crippen molar-refractivity contribution in [3.8, 4) is 0 Å². The van der Waals surface area contributed by atoms with E-state index in [0.717, 1.165) is 16.7 Å². The van der Waals surface area contributed by atoms with Crippen molar-refractivity contribution in [1.29, 1.82) is 0 Å². The van der Waals surface area contributed by atoms with Gasteiger partial charge in [0.2, 0.25) is 0 Å². The first kappa shape index (κ1) is 33.1. The van der Waals surface area contributed by atoms with Gasteiger partial charge in [0.05, 0.1) is 16.3 Å².